The Balaban J connectivity index is 2.71. The molecule has 0 aliphatic heterocycles. The molecule has 0 heterocycles. The fourth-order valence-corrected chi connectivity index (χ4v) is 2.58. The zero-order chi connectivity index (χ0) is 18.8. The van der Waals surface area contributed by atoms with E-state index in [2.05, 4.69) is 34.7 Å². The van der Waals surface area contributed by atoms with Crippen LogP contribution in [-0.4, -0.2) is 60.3 Å². The quantitative estimate of drug-likeness (QED) is 0.408. The summed E-state index contributed by atoms with van der Waals surface area (Å²) in [5.74, 6) is -0.546. The lowest BCUT2D eigenvalue weighted by molar-refractivity contribution is 0.0946. The zero-order valence-electron chi connectivity index (χ0n) is 14.6. The largest absolute Gasteiger partial charge is 0.507 e. The second-order valence-electron chi connectivity index (χ2n) is 5.30. The van der Waals surface area contributed by atoms with E-state index in [0.29, 0.717) is 30.4 Å². The van der Waals surface area contributed by atoms with Gasteiger partial charge < -0.3 is 31.7 Å². The first-order chi connectivity index (χ1) is 11.9. The van der Waals surface area contributed by atoms with Gasteiger partial charge in [0.15, 0.2) is 5.11 Å². The maximum absolute atomic E-state index is 12.2. The Bertz CT molecular complexity index is 596. The van der Waals surface area contributed by atoms with Crippen LogP contribution in [0.4, 0.5) is 5.69 Å². The molecule has 25 heavy (non-hydrogen) atoms. The molecule has 1 aromatic rings. The highest BCUT2D eigenvalue weighted by Gasteiger charge is 2.15. The van der Waals surface area contributed by atoms with Crippen LogP contribution in [0.5, 0.6) is 5.75 Å². The standard InChI is InChI=1S/C16H26ClN5O2S/c1-3-22(4-2)8-7-19-15(24)11-9-12(17)13(10-14(11)23)21-16(25)20-6-5-18/h9-10,23H,3-8,18H2,1-2H3,(H,19,24)(H2,20,21,25). The lowest BCUT2D eigenvalue weighted by atomic mass is 10.1. The molecule has 0 aliphatic rings. The summed E-state index contributed by atoms with van der Waals surface area (Å²) in [4.78, 5) is 14.4. The lowest BCUT2D eigenvalue weighted by Crippen LogP contribution is -2.35. The molecule has 0 spiro atoms. The topological polar surface area (TPSA) is 103 Å². The van der Waals surface area contributed by atoms with Crippen molar-refractivity contribution in [2.75, 3.05) is 44.6 Å². The van der Waals surface area contributed by atoms with Crippen LogP contribution >= 0.6 is 23.8 Å². The van der Waals surface area contributed by atoms with Gasteiger partial charge in [-0.25, -0.2) is 0 Å². The monoisotopic (exact) mass is 387 g/mol. The number of anilines is 1. The second kappa shape index (κ2) is 11.1. The molecule has 0 bridgehead atoms. The van der Waals surface area contributed by atoms with Gasteiger partial charge in [-0.2, -0.15) is 0 Å². The molecule has 7 nitrogen and oxygen atoms in total. The predicted octanol–water partition coefficient (Wildman–Crippen LogP) is 1.36. The van der Waals surface area contributed by atoms with Gasteiger partial charge in [0.05, 0.1) is 16.3 Å². The number of nitrogens with one attached hydrogen (secondary N) is 3. The van der Waals surface area contributed by atoms with Crippen molar-refractivity contribution in [1.29, 1.82) is 0 Å². The predicted molar refractivity (Wildman–Crippen MR) is 107 cm³/mol. The van der Waals surface area contributed by atoms with Gasteiger partial charge in [-0.3, -0.25) is 4.79 Å². The van der Waals surface area contributed by atoms with Crippen molar-refractivity contribution < 1.29 is 9.90 Å². The Labute approximate surface area is 158 Å². The minimum atomic E-state index is -0.373. The van der Waals surface area contributed by atoms with Crippen LogP contribution in [-0.2, 0) is 0 Å². The summed E-state index contributed by atoms with van der Waals surface area (Å²) in [6.07, 6.45) is 0. The summed E-state index contributed by atoms with van der Waals surface area (Å²) in [6, 6.07) is 2.79. The van der Waals surface area contributed by atoms with E-state index < -0.39 is 0 Å². The highest BCUT2D eigenvalue weighted by molar-refractivity contribution is 7.80. The fraction of sp³-hybridized carbons (Fsp3) is 0.500. The third kappa shape index (κ3) is 7.03. The van der Waals surface area contributed by atoms with Gasteiger partial charge in [-0.15, -0.1) is 0 Å². The maximum Gasteiger partial charge on any atom is 0.255 e. The van der Waals surface area contributed by atoms with Gasteiger partial charge in [0, 0.05) is 32.2 Å². The third-order valence-electron chi connectivity index (χ3n) is 3.62. The Morgan fingerprint density at radius 3 is 2.56 bits per heavy atom. The summed E-state index contributed by atoms with van der Waals surface area (Å²) in [5.41, 5.74) is 5.92. The smallest absolute Gasteiger partial charge is 0.255 e. The minimum Gasteiger partial charge on any atom is -0.507 e. The van der Waals surface area contributed by atoms with Crippen molar-refractivity contribution in [3.05, 3.63) is 22.7 Å². The molecule has 0 saturated carbocycles. The first kappa shape index (κ1) is 21.4. The number of aromatic hydroxyl groups is 1. The first-order valence-electron chi connectivity index (χ1n) is 8.20. The van der Waals surface area contributed by atoms with Crippen LogP contribution in [0.3, 0.4) is 0 Å². The van der Waals surface area contributed by atoms with E-state index in [0.717, 1.165) is 19.6 Å². The van der Waals surface area contributed by atoms with Crippen molar-refractivity contribution in [3.63, 3.8) is 0 Å². The number of hydrogen-bond donors (Lipinski definition) is 5. The summed E-state index contributed by atoms with van der Waals surface area (Å²) >= 11 is 11.3. The number of likely N-dealkylation sites (N-methyl/N-ethyl adjacent to an activating group) is 1. The lowest BCUT2D eigenvalue weighted by Gasteiger charge is -2.18. The molecule has 1 aromatic carbocycles. The van der Waals surface area contributed by atoms with E-state index in [1.54, 1.807) is 0 Å². The van der Waals surface area contributed by atoms with Gasteiger partial charge in [-0.1, -0.05) is 25.4 Å². The SMILES string of the molecule is CCN(CC)CCNC(=O)c1cc(Cl)c(NC(=S)NCCN)cc1O. The molecule has 0 unspecified atom stereocenters. The number of nitrogens with zero attached hydrogens (tertiary/aromatic N) is 1. The van der Waals surface area contributed by atoms with E-state index in [4.69, 9.17) is 29.6 Å². The average molecular weight is 388 g/mol. The molecule has 9 heteroatoms. The van der Waals surface area contributed by atoms with E-state index in [1.165, 1.54) is 12.1 Å². The molecule has 0 atom stereocenters. The number of phenols is 1. The Morgan fingerprint density at radius 2 is 1.96 bits per heavy atom. The molecule has 0 fully saturated rings. The van der Waals surface area contributed by atoms with Gasteiger partial charge >= 0.3 is 0 Å². The van der Waals surface area contributed by atoms with Crippen molar-refractivity contribution in [2.24, 2.45) is 5.73 Å². The molecule has 0 radical (unpaired) electrons. The van der Waals surface area contributed by atoms with Crippen molar-refractivity contribution in [1.82, 2.24) is 15.5 Å². The van der Waals surface area contributed by atoms with Crippen LogP contribution in [0.1, 0.15) is 24.2 Å². The van der Waals surface area contributed by atoms with E-state index in [-0.39, 0.29) is 22.2 Å². The van der Waals surface area contributed by atoms with Gasteiger partial charge in [0.1, 0.15) is 5.75 Å². The number of amides is 1. The highest BCUT2D eigenvalue weighted by Crippen LogP contribution is 2.30. The number of thiocarbonyl (C=S) groups is 1. The normalized spacial score (nSPS) is 10.6. The molecule has 0 aliphatic carbocycles. The minimum absolute atomic E-state index is 0.121. The van der Waals surface area contributed by atoms with Gasteiger partial charge in [-0.05, 0) is 31.4 Å². The fourth-order valence-electron chi connectivity index (χ4n) is 2.15. The van der Waals surface area contributed by atoms with Crippen LogP contribution in [0.15, 0.2) is 12.1 Å². The summed E-state index contributed by atoms with van der Waals surface area (Å²) in [6.45, 7) is 8.16. The number of nitrogens with two attached hydrogens (primary N) is 1. The molecule has 6 N–H and O–H groups in total. The first-order valence-corrected chi connectivity index (χ1v) is 8.99. The van der Waals surface area contributed by atoms with Crippen molar-refractivity contribution in [3.8, 4) is 5.75 Å². The number of phenolic OH excluding ortho intramolecular Hbond substituents is 1. The number of carbonyl (C=O) groups is 1. The summed E-state index contributed by atoms with van der Waals surface area (Å²) in [7, 11) is 0. The number of rotatable bonds is 9. The molecular formula is C16H26ClN5O2S. The van der Waals surface area contributed by atoms with Gasteiger partial charge in [0.2, 0.25) is 0 Å². The van der Waals surface area contributed by atoms with E-state index in [9.17, 15) is 9.90 Å². The van der Waals surface area contributed by atoms with Crippen LogP contribution < -0.4 is 21.7 Å². The third-order valence-corrected chi connectivity index (χ3v) is 4.18. The van der Waals surface area contributed by atoms with Crippen molar-refractivity contribution >= 4 is 40.5 Å². The molecule has 140 valence electrons. The molecular weight excluding hydrogens is 362 g/mol. The van der Waals surface area contributed by atoms with Crippen LogP contribution in [0.25, 0.3) is 0 Å². The second-order valence-corrected chi connectivity index (χ2v) is 6.12. The van der Waals surface area contributed by atoms with Crippen molar-refractivity contribution in [2.45, 2.75) is 13.8 Å². The molecule has 1 rings (SSSR count). The number of hydrogen-bond acceptors (Lipinski definition) is 5. The molecule has 0 aromatic heterocycles. The van der Waals surface area contributed by atoms with E-state index >= 15 is 0 Å². The van der Waals surface area contributed by atoms with Gasteiger partial charge in [0.25, 0.3) is 5.91 Å². The number of halogens is 1. The Morgan fingerprint density at radius 1 is 1.28 bits per heavy atom. The molecule has 1 amide bonds. The van der Waals surface area contributed by atoms with Crippen LogP contribution in [0.2, 0.25) is 5.02 Å². The zero-order valence-corrected chi connectivity index (χ0v) is 16.1. The summed E-state index contributed by atoms with van der Waals surface area (Å²) in [5, 5.41) is 19.3. The number of carbonyl (C=O) groups excluding carboxylic acids is 1. The summed E-state index contributed by atoms with van der Waals surface area (Å²) < 4.78 is 0. The molecule has 0 saturated heterocycles. The number of benzene rings is 1. The highest BCUT2D eigenvalue weighted by atomic mass is 35.5. The maximum atomic E-state index is 12.2. The van der Waals surface area contributed by atoms with Crippen LogP contribution in [0, 0.1) is 0 Å². The average Bonchev–Trinajstić information content (AvgIpc) is 2.59. The Hall–Kier alpha value is -1.61. The van der Waals surface area contributed by atoms with E-state index in [1.807, 2.05) is 0 Å². The Kier molecular flexibility index (Phi) is 9.51.